The number of hydrogen-bond acceptors (Lipinski definition) is 3. The average Bonchev–Trinajstić information content (AvgIpc) is 2.37. The predicted octanol–water partition coefficient (Wildman–Crippen LogP) is 2.04. The molecule has 0 saturated heterocycles. The molecule has 0 bridgehead atoms. The summed E-state index contributed by atoms with van der Waals surface area (Å²) >= 11 is 0. The molecule has 4 nitrogen and oxygen atoms in total. The number of nitro groups is 1. The summed E-state index contributed by atoms with van der Waals surface area (Å²) in [6, 6.07) is 5.03. The summed E-state index contributed by atoms with van der Waals surface area (Å²) in [5.41, 5.74) is 1.66. The second-order valence-corrected chi connectivity index (χ2v) is 3.74. The van der Waals surface area contributed by atoms with E-state index in [9.17, 15) is 14.9 Å². The first-order valence-corrected chi connectivity index (χ1v) is 4.95. The molecular weight excluding hydrogens is 194 g/mol. The molecule has 15 heavy (non-hydrogen) atoms. The Hall–Kier alpha value is -1.71. The van der Waals surface area contributed by atoms with Crippen LogP contribution in [-0.2, 0) is 17.6 Å². The molecule has 0 N–H and O–H groups in total. The van der Waals surface area contributed by atoms with Crippen LogP contribution in [0.3, 0.4) is 0 Å². The van der Waals surface area contributed by atoms with E-state index in [-0.39, 0.29) is 17.9 Å². The van der Waals surface area contributed by atoms with Crippen LogP contribution < -0.4 is 0 Å². The van der Waals surface area contributed by atoms with Crippen molar-refractivity contribution in [2.24, 2.45) is 0 Å². The number of rotatable bonds is 1. The Morgan fingerprint density at radius 2 is 2.07 bits per heavy atom. The van der Waals surface area contributed by atoms with Crippen molar-refractivity contribution in [1.29, 1.82) is 0 Å². The molecular formula is C11H11NO3. The summed E-state index contributed by atoms with van der Waals surface area (Å²) in [5.74, 6) is 0.100. The van der Waals surface area contributed by atoms with E-state index in [1.165, 1.54) is 6.07 Å². The average molecular weight is 205 g/mol. The van der Waals surface area contributed by atoms with E-state index in [4.69, 9.17) is 0 Å². The normalized spacial score (nSPS) is 15.6. The Bertz CT molecular complexity index is 426. The number of aryl methyl sites for hydroxylation is 1. The summed E-state index contributed by atoms with van der Waals surface area (Å²) in [5, 5.41) is 10.8. The molecule has 0 heterocycles. The first-order valence-electron chi connectivity index (χ1n) is 4.95. The minimum atomic E-state index is -0.405. The third kappa shape index (κ3) is 1.88. The van der Waals surface area contributed by atoms with Gasteiger partial charge in [0.15, 0.2) is 0 Å². The molecule has 0 saturated carbocycles. The highest BCUT2D eigenvalue weighted by Gasteiger charge is 2.21. The molecule has 0 fully saturated rings. The first-order chi connectivity index (χ1) is 7.18. The summed E-state index contributed by atoms with van der Waals surface area (Å²) in [6.45, 7) is 0. The molecule has 1 aliphatic carbocycles. The Balaban J connectivity index is 2.52. The van der Waals surface area contributed by atoms with Gasteiger partial charge in [0.1, 0.15) is 5.78 Å². The van der Waals surface area contributed by atoms with Crippen molar-refractivity contribution in [3.63, 3.8) is 0 Å². The van der Waals surface area contributed by atoms with Crippen LogP contribution in [0.15, 0.2) is 18.2 Å². The van der Waals surface area contributed by atoms with Gasteiger partial charge in [-0.25, -0.2) is 0 Å². The molecule has 1 aromatic rings. The molecule has 0 atom stereocenters. The quantitative estimate of drug-likeness (QED) is 0.400. The zero-order chi connectivity index (χ0) is 10.8. The maximum absolute atomic E-state index is 11.4. The van der Waals surface area contributed by atoms with E-state index < -0.39 is 4.92 Å². The van der Waals surface area contributed by atoms with Crippen LogP contribution in [0, 0.1) is 10.1 Å². The van der Waals surface area contributed by atoms with Gasteiger partial charge in [-0.1, -0.05) is 12.1 Å². The summed E-state index contributed by atoms with van der Waals surface area (Å²) in [4.78, 5) is 21.8. The van der Waals surface area contributed by atoms with E-state index in [0.29, 0.717) is 12.0 Å². The molecule has 1 aliphatic rings. The zero-order valence-corrected chi connectivity index (χ0v) is 8.23. The van der Waals surface area contributed by atoms with Crippen LogP contribution >= 0.6 is 0 Å². The summed E-state index contributed by atoms with van der Waals surface area (Å²) in [7, 11) is 0. The van der Waals surface area contributed by atoms with Gasteiger partial charge in [-0.3, -0.25) is 14.9 Å². The molecule has 0 unspecified atom stereocenters. The summed E-state index contributed by atoms with van der Waals surface area (Å²) < 4.78 is 0. The highest BCUT2D eigenvalue weighted by molar-refractivity contribution is 5.83. The maximum Gasteiger partial charge on any atom is 0.273 e. The van der Waals surface area contributed by atoms with Gasteiger partial charge in [-0.2, -0.15) is 0 Å². The minimum Gasteiger partial charge on any atom is -0.299 e. The second-order valence-electron chi connectivity index (χ2n) is 3.74. The Morgan fingerprint density at radius 3 is 2.80 bits per heavy atom. The molecule has 0 aromatic heterocycles. The monoisotopic (exact) mass is 205 g/mol. The molecule has 4 heteroatoms. The fourth-order valence-electron chi connectivity index (χ4n) is 1.99. The smallest absolute Gasteiger partial charge is 0.273 e. The van der Waals surface area contributed by atoms with Gasteiger partial charge in [0.25, 0.3) is 5.69 Å². The molecule has 78 valence electrons. The number of nitro benzene ring substituents is 1. The van der Waals surface area contributed by atoms with Gasteiger partial charge in [-0.15, -0.1) is 0 Å². The zero-order valence-electron chi connectivity index (χ0n) is 8.23. The van der Waals surface area contributed by atoms with Crippen molar-refractivity contribution in [1.82, 2.24) is 0 Å². The van der Waals surface area contributed by atoms with Crippen LogP contribution in [0.2, 0.25) is 0 Å². The number of ketones is 1. The molecule has 0 amide bonds. The van der Waals surface area contributed by atoms with Gasteiger partial charge >= 0.3 is 0 Å². The third-order valence-electron chi connectivity index (χ3n) is 2.72. The predicted molar refractivity (Wildman–Crippen MR) is 54.7 cm³/mol. The van der Waals surface area contributed by atoms with E-state index in [1.54, 1.807) is 6.07 Å². The first kappa shape index (κ1) is 9.83. The van der Waals surface area contributed by atoms with E-state index in [2.05, 4.69) is 0 Å². The number of carbonyl (C=O) groups is 1. The van der Waals surface area contributed by atoms with Crippen molar-refractivity contribution >= 4 is 11.5 Å². The number of Topliss-reactive ketones (excluding diaryl/α,β-unsaturated/α-hetero) is 1. The molecule has 1 aromatic carbocycles. The number of benzene rings is 1. The standard InChI is InChI=1S/C11H11NO3/c13-9-5-1-3-8-4-2-6-11(12(14)15)10(8)7-9/h2,4,6H,1,3,5,7H2. The SMILES string of the molecule is O=C1CCCc2cccc([N+](=O)[O-])c2C1. The van der Waals surface area contributed by atoms with Crippen molar-refractivity contribution in [3.05, 3.63) is 39.4 Å². The Morgan fingerprint density at radius 1 is 1.27 bits per heavy atom. The molecule has 2 rings (SSSR count). The number of fused-ring (bicyclic) bond motifs is 1. The van der Waals surface area contributed by atoms with E-state index >= 15 is 0 Å². The van der Waals surface area contributed by atoms with E-state index in [0.717, 1.165) is 18.4 Å². The highest BCUT2D eigenvalue weighted by atomic mass is 16.6. The van der Waals surface area contributed by atoms with E-state index in [1.807, 2.05) is 6.07 Å². The van der Waals surface area contributed by atoms with Gasteiger partial charge in [0.05, 0.1) is 4.92 Å². The lowest BCUT2D eigenvalue weighted by Crippen LogP contribution is -2.03. The Labute approximate surface area is 87.1 Å². The lowest BCUT2D eigenvalue weighted by atomic mass is 10.0. The molecule has 0 spiro atoms. The topological polar surface area (TPSA) is 60.2 Å². The van der Waals surface area contributed by atoms with Crippen LogP contribution in [0.1, 0.15) is 24.0 Å². The fourth-order valence-corrected chi connectivity index (χ4v) is 1.99. The van der Waals surface area contributed by atoms with Crippen LogP contribution in [0.5, 0.6) is 0 Å². The molecule has 0 aliphatic heterocycles. The van der Waals surface area contributed by atoms with Gasteiger partial charge in [0.2, 0.25) is 0 Å². The van der Waals surface area contributed by atoms with Crippen LogP contribution in [-0.4, -0.2) is 10.7 Å². The van der Waals surface area contributed by atoms with Gasteiger partial charge in [0, 0.05) is 24.5 Å². The van der Waals surface area contributed by atoms with Gasteiger partial charge < -0.3 is 0 Å². The number of hydrogen-bond donors (Lipinski definition) is 0. The highest BCUT2D eigenvalue weighted by Crippen LogP contribution is 2.27. The molecule has 0 radical (unpaired) electrons. The third-order valence-corrected chi connectivity index (χ3v) is 2.72. The van der Waals surface area contributed by atoms with Crippen LogP contribution in [0.4, 0.5) is 5.69 Å². The van der Waals surface area contributed by atoms with Crippen molar-refractivity contribution in [3.8, 4) is 0 Å². The lowest BCUT2D eigenvalue weighted by molar-refractivity contribution is -0.385. The van der Waals surface area contributed by atoms with Crippen molar-refractivity contribution in [2.75, 3.05) is 0 Å². The maximum atomic E-state index is 11.4. The number of nitrogens with zero attached hydrogens (tertiary/aromatic N) is 1. The van der Waals surface area contributed by atoms with Crippen molar-refractivity contribution in [2.45, 2.75) is 25.7 Å². The van der Waals surface area contributed by atoms with Crippen LogP contribution in [0.25, 0.3) is 0 Å². The number of carbonyl (C=O) groups excluding carboxylic acids is 1. The lowest BCUT2D eigenvalue weighted by Gasteiger charge is -2.04. The van der Waals surface area contributed by atoms with Gasteiger partial charge in [-0.05, 0) is 18.4 Å². The summed E-state index contributed by atoms with van der Waals surface area (Å²) in [6.07, 6.45) is 2.31. The van der Waals surface area contributed by atoms with Crippen molar-refractivity contribution < 1.29 is 9.72 Å². The Kier molecular flexibility index (Phi) is 2.49. The fraction of sp³-hybridized carbons (Fsp3) is 0.364. The second kappa shape index (κ2) is 3.81. The minimum absolute atomic E-state index is 0.0859. The largest absolute Gasteiger partial charge is 0.299 e.